The Morgan fingerprint density at radius 1 is 1.50 bits per heavy atom. The molecule has 7 heteroatoms. The Morgan fingerprint density at radius 2 is 2.11 bits per heavy atom. The van der Waals surface area contributed by atoms with Crippen LogP contribution in [0.1, 0.15) is 13.3 Å². The molecular weight excluding hydrogens is 279 g/mol. The standard InChI is InChI=1S/C11H10Cl2N2O3/c1-10(6-11(10,12)13)9(16)14-7-3-2-4-8(5-7)15(17)18/h2-5H,6H2,1H3,(H,14,16). The lowest BCUT2D eigenvalue weighted by Gasteiger charge is -2.12. The fraction of sp³-hybridized carbons (Fsp3) is 0.364. The quantitative estimate of drug-likeness (QED) is 0.528. The Morgan fingerprint density at radius 3 is 2.61 bits per heavy atom. The first-order chi connectivity index (χ1) is 8.26. The van der Waals surface area contributed by atoms with E-state index in [2.05, 4.69) is 5.32 Å². The summed E-state index contributed by atoms with van der Waals surface area (Å²) in [5.74, 6) is -0.340. The summed E-state index contributed by atoms with van der Waals surface area (Å²) in [4.78, 5) is 22.0. The monoisotopic (exact) mass is 288 g/mol. The van der Waals surface area contributed by atoms with Crippen molar-refractivity contribution in [3.8, 4) is 0 Å². The molecule has 1 fully saturated rings. The predicted molar refractivity (Wildman–Crippen MR) is 68.9 cm³/mol. The molecule has 1 aromatic rings. The highest BCUT2D eigenvalue weighted by molar-refractivity contribution is 6.53. The van der Waals surface area contributed by atoms with Gasteiger partial charge in [0, 0.05) is 17.8 Å². The van der Waals surface area contributed by atoms with Gasteiger partial charge in [-0.25, -0.2) is 0 Å². The summed E-state index contributed by atoms with van der Waals surface area (Å²) in [7, 11) is 0. The molecule has 1 N–H and O–H groups in total. The second-order valence-electron chi connectivity index (χ2n) is 4.47. The number of nitro benzene ring substituents is 1. The maximum Gasteiger partial charge on any atom is 0.271 e. The van der Waals surface area contributed by atoms with Gasteiger partial charge in [0.15, 0.2) is 0 Å². The molecule has 0 aromatic heterocycles. The van der Waals surface area contributed by atoms with Crippen LogP contribution in [0.3, 0.4) is 0 Å². The van der Waals surface area contributed by atoms with Crippen molar-refractivity contribution in [1.29, 1.82) is 0 Å². The van der Waals surface area contributed by atoms with Gasteiger partial charge in [-0.1, -0.05) is 6.07 Å². The van der Waals surface area contributed by atoms with Crippen molar-refractivity contribution >= 4 is 40.5 Å². The summed E-state index contributed by atoms with van der Waals surface area (Å²) >= 11 is 11.8. The number of nitrogens with one attached hydrogen (secondary N) is 1. The van der Waals surface area contributed by atoms with Gasteiger partial charge in [-0.05, 0) is 19.4 Å². The number of benzene rings is 1. The van der Waals surface area contributed by atoms with Crippen molar-refractivity contribution in [2.75, 3.05) is 5.32 Å². The molecule has 96 valence electrons. The van der Waals surface area contributed by atoms with Crippen LogP contribution in [0.15, 0.2) is 24.3 Å². The largest absolute Gasteiger partial charge is 0.325 e. The fourth-order valence-electron chi connectivity index (χ4n) is 1.61. The summed E-state index contributed by atoms with van der Waals surface area (Å²) in [6.07, 6.45) is 0.365. The highest BCUT2D eigenvalue weighted by Gasteiger charge is 2.67. The molecule has 0 aliphatic heterocycles. The van der Waals surface area contributed by atoms with E-state index >= 15 is 0 Å². The van der Waals surface area contributed by atoms with Crippen molar-refractivity contribution in [3.63, 3.8) is 0 Å². The van der Waals surface area contributed by atoms with E-state index in [1.54, 1.807) is 13.0 Å². The number of nitro groups is 1. The lowest BCUT2D eigenvalue weighted by molar-refractivity contribution is -0.384. The van der Waals surface area contributed by atoms with Gasteiger partial charge in [0.1, 0.15) is 4.33 Å². The normalized spacial score (nSPS) is 24.4. The van der Waals surface area contributed by atoms with Gasteiger partial charge in [0.25, 0.3) is 5.69 Å². The number of amides is 1. The van der Waals surface area contributed by atoms with E-state index in [1.807, 2.05) is 0 Å². The molecule has 0 saturated heterocycles. The minimum atomic E-state index is -1.06. The van der Waals surface area contributed by atoms with Crippen molar-refractivity contribution in [2.45, 2.75) is 17.7 Å². The number of non-ortho nitro benzene ring substituents is 1. The van der Waals surface area contributed by atoms with Crippen LogP contribution in [-0.4, -0.2) is 15.2 Å². The van der Waals surface area contributed by atoms with Crippen molar-refractivity contribution in [1.82, 2.24) is 0 Å². The third-order valence-electron chi connectivity index (χ3n) is 3.07. The zero-order valence-electron chi connectivity index (χ0n) is 9.44. The van der Waals surface area contributed by atoms with E-state index in [9.17, 15) is 14.9 Å². The van der Waals surface area contributed by atoms with Crippen LogP contribution in [0, 0.1) is 15.5 Å². The number of halogens is 2. The Bertz CT molecular complexity index is 533. The lowest BCUT2D eigenvalue weighted by Crippen LogP contribution is -2.25. The van der Waals surface area contributed by atoms with Gasteiger partial charge >= 0.3 is 0 Å². The molecule has 0 radical (unpaired) electrons. The van der Waals surface area contributed by atoms with Crippen LogP contribution < -0.4 is 5.32 Å². The molecule has 1 unspecified atom stereocenters. The second-order valence-corrected chi connectivity index (χ2v) is 5.96. The first kappa shape index (κ1) is 13.1. The van der Waals surface area contributed by atoms with Gasteiger partial charge in [0.2, 0.25) is 5.91 Å². The number of hydrogen-bond donors (Lipinski definition) is 1. The molecule has 18 heavy (non-hydrogen) atoms. The van der Waals surface area contributed by atoms with Gasteiger partial charge in [-0.2, -0.15) is 0 Å². The van der Waals surface area contributed by atoms with E-state index in [0.717, 1.165) is 0 Å². The molecule has 1 aromatic carbocycles. The molecule has 1 saturated carbocycles. The number of rotatable bonds is 3. The SMILES string of the molecule is CC1(C(=O)Nc2cccc([N+](=O)[O-])c2)CC1(Cl)Cl. The average molecular weight is 289 g/mol. The molecule has 1 atom stereocenters. The first-order valence-electron chi connectivity index (χ1n) is 5.20. The third-order valence-corrected chi connectivity index (χ3v) is 4.18. The summed E-state index contributed by atoms with van der Waals surface area (Å²) in [5.41, 5.74) is -0.580. The number of carbonyl (C=O) groups excluding carboxylic acids is 1. The maximum atomic E-state index is 11.9. The molecule has 0 bridgehead atoms. The number of nitrogens with zero attached hydrogens (tertiary/aromatic N) is 1. The van der Waals surface area contributed by atoms with Crippen LogP contribution in [-0.2, 0) is 4.79 Å². The van der Waals surface area contributed by atoms with E-state index in [-0.39, 0.29) is 11.6 Å². The molecule has 0 heterocycles. The summed E-state index contributed by atoms with van der Waals surface area (Å²) < 4.78 is -1.06. The molecule has 1 amide bonds. The zero-order valence-corrected chi connectivity index (χ0v) is 11.0. The number of carbonyl (C=O) groups is 1. The maximum absolute atomic E-state index is 11.9. The van der Waals surface area contributed by atoms with Gasteiger partial charge in [-0.15, -0.1) is 23.2 Å². The number of hydrogen-bond acceptors (Lipinski definition) is 3. The topological polar surface area (TPSA) is 72.2 Å². The van der Waals surface area contributed by atoms with E-state index in [1.165, 1.54) is 18.2 Å². The van der Waals surface area contributed by atoms with Crippen LogP contribution in [0.4, 0.5) is 11.4 Å². The minimum absolute atomic E-state index is 0.0863. The second kappa shape index (κ2) is 4.10. The highest BCUT2D eigenvalue weighted by atomic mass is 35.5. The lowest BCUT2D eigenvalue weighted by atomic mass is 10.1. The number of alkyl halides is 2. The predicted octanol–water partition coefficient (Wildman–Crippen LogP) is 3.12. The van der Waals surface area contributed by atoms with Crippen molar-refractivity contribution in [2.24, 2.45) is 5.41 Å². The van der Waals surface area contributed by atoms with Gasteiger partial charge in [-0.3, -0.25) is 14.9 Å². The summed E-state index contributed by atoms with van der Waals surface area (Å²) in [6, 6.07) is 5.70. The van der Waals surface area contributed by atoms with E-state index in [4.69, 9.17) is 23.2 Å². The summed E-state index contributed by atoms with van der Waals surface area (Å²) in [5, 5.41) is 13.2. The smallest absolute Gasteiger partial charge is 0.271 e. The molecule has 1 aliphatic rings. The zero-order chi connectivity index (χ0) is 13.6. The summed E-state index contributed by atoms with van der Waals surface area (Å²) in [6.45, 7) is 1.65. The Balaban J connectivity index is 2.13. The third kappa shape index (κ3) is 2.15. The van der Waals surface area contributed by atoms with Crippen LogP contribution >= 0.6 is 23.2 Å². The van der Waals surface area contributed by atoms with Crippen LogP contribution in [0.25, 0.3) is 0 Å². The van der Waals surface area contributed by atoms with Crippen molar-refractivity contribution < 1.29 is 9.72 Å². The van der Waals surface area contributed by atoms with Crippen LogP contribution in [0.5, 0.6) is 0 Å². The molecule has 2 rings (SSSR count). The molecule has 1 aliphatic carbocycles. The van der Waals surface area contributed by atoms with Crippen molar-refractivity contribution in [3.05, 3.63) is 34.4 Å². The Labute approximate surface area is 113 Å². The molecule has 0 spiro atoms. The Hall–Kier alpha value is -1.33. The Kier molecular flexibility index (Phi) is 2.99. The van der Waals surface area contributed by atoms with E-state index in [0.29, 0.717) is 12.1 Å². The number of anilines is 1. The van der Waals surface area contributed by atoms with Crippen LogP contribution in [0.2, 0.25) is 0 Å². The minimum Gasteiger partial charge on any atom is -0.325 e. The average Bonchev–Trinajstić information content (AvgIpc) is 2.80. The van der Waals surface area contributed by atoms with Gasteiger partial charge in [0.05, 0.1) is 10.3 Å². The first-order valence-corrected chi connectivity index (χ1v) is 5.96. The fourth-order valence-corrected chi connectivity index (χ4v) is 2.32. The molecular formula is C11H10Cl2N2O3. The van der Waals surface area contributed by atoms with E-state index < -0.39 is 14.7 Å². The van der Waals surface area contributed by atoms with Gasteiger partial charge < -0.3 is 5.32 Å². The highest BCUT2D eigenvalue weighted by Crippen LogP contribution is 2.64. The molecule has 5 nitrogen and oxygen atoms in total.